The Hall–Kier alpha value is -1.91. The monoisotopic (exact) mass is 410 g/mol. The number of hydrogen-bond donors (Lipinski definition) is 0. The van der Waals surface area contributed by atoms with Crippen molar-refractivity contribution in [2.24, 2.45) is 0 Å². The highest BCUT2D eigenvalue weighted by Gasteiger charge is 2.21. The number of aromatic nitrogens is 1. The molecule has 1 fully saturated rings. The molecule has 134 valence electrons. The van der Waals surface area contributed by atoms with Crippen molar-refractivity contribution in [3.05, 3.63) is 70.3 Å². The van der Waals surface area contributed by atoms with Gasteiger partial charge in [-0.2, -0.15) is 0 Å². The molecule has 0 bridgehead atoms. The van der Waals surface area contributed by atoms with E-state index in [9.17, 15) is 0 Å². The summed E-state index contributed by atoms with van der Waals surface area (Å²) < 4.78 is 7.47. The van der Waals surface area contributed by atoms with E-state index in [1.54, 1.807) is 0 Å². The van der Waals surface area contributed by atoms with Crippen LogP contribution in [0, 0.1) is 6.92 Å². The maximum absolute atomic E-state index is 6.42. The van der Waals surface area contributed by atoms with Gasteiger partial charge in [-0.1, -0.05) is 46.3 Å². The van der Waals surface area contributed by atoms with Crippen LogP contribution in [-0.2, 0) is 6.54 Å². The van der Waals surface area contributed by atoms with E-state index in [2.05, 4.69) is 68.3 Å². The largest absolute Gasteiger partial charge is 0.490 e. The van der Waals surface area contributed by atoms with Gasteiger partial charge >= 0.3 is 0 Å². The van der Waals surface area contributed by atoms with Crippen LogP contribution < -0.4 is 4.74 Å². The average Bonchev–Trinajstić information content (AvgIpc) is 2.65. The second-order valence-electron chi connectivity index (χ2n) is 7.00. The smallest absolute Gasteiger partial charge is 0.130 e. The Balaban J connectivity index is 1.43. The van der Waals surface area contributed by atoms with Gasteiger partial charge in [-0.15, -0.1) is 0 Å². The number of piperidine rings is 1. The molecule has 1 aromatic heterocycles. The molecular weight excluding hydrogens is 388 g/mol. The maximum atomic E-state index is 6.42. The number of hydrogen-bond acceptors (Lipinski definition) is 3. The lowest BCUT2D eigenvalue weighted by molar-refractivity contribution is 0.0979. The Morgan fingerprint density at radius 1 is 1.08 bits per heavy atom. The molecule has 1 aliphatic rings. The molecule has 2 aromatic carbocycles. The molecule has 3 aromatic rings. The molecule has 4 rings (SSSR count). The molecule has 0 atom stereocenters. The van der Waals surface area contributed by atoms with Crippen LogP contribution in [0.3, 0.4) is 0 Å². The highest BCUT2D eigenvalue weighted by Crippen LogP contribution is 2.30. The fourth-order valence-electron chi connectivity index (χ4n) is 3.60. The van der Waals surface area contributed by atoms with E-state index in [0.29, 0.717) is 0 Å². The normalized spacial score (nSPS) is 16.1. The Morgan fingerprint density at radius 2 is 1.85 bits per heavy atom. The van der Waals surface area contributed by atoms with E-state index in [-0.39, 0.29) is 6.10 Å². The molecule has 0 N–H and O–H groups in total. The van der Waals surface area contributed by atoms with Crippen LogP contribution in [0.4, 0.5) is 0 Å². The van der Waals surface area contributed by atoms with Crippen LogP contribution in [0.25, 0.3) is 10.9 Å². The predicted octanol–water partition coefficient (Wildman–Crippen LogP) is 5.35. The standard InChI is InChI=1S/C22H23BrN2O/c1-16-13-22(20-14-18(23)7-8-21(20)24-16)26-19-9-11-25(12-10-19)15-17-5-3-2-4-6-17/h2-8,13-14,19H,9-12,15H2,1H3. The van der Waals surface area contributed by atoms with E-state index < -0.39 is 0 Å². The summed E-state index contributed by atoms with van der Waals surface area (Å²) in [6.45, 7) is 5.20. The minimum absolute atomic E-state index is 0.269. The van der Waals surface area contributed by atoms with Gasteiger partial charge in [0.25, 0.3) is 0 Å². The van der Waals surface area contributed by atoms with Crippen molar-refractivity contribution >= 4 is 26.8 Å². The van der Waals surface area contributed by atoms with Crippen LogP contribution in [0.1, 0.15) is 24.1 Å². The number of likely N-dealkylation sites (tertiary alicyclic amines) is 1. The Morgan fingerprint density at radius 3 is 2.62 bits per heavy atom. The molecule has 0 unspecified atom stereocenters. The first-order chi connectivity index (χ1) is 12.7. The molecule has 3 nitrogen and oxygen atoms in total. The number of aryl methyl sites for hydroxylation is 1. The minimum Gasteiger partial charge on any atom is -0.490 e. The number of ether oxygens (including phenoxy) is 1. The molecular formula is C22H23BrN2O. The third kappa shape index (κ3) is 4.08. The number of fused-ring (bicyclic) bond motifs is 1. The quantitative estimate of drug-likeness (QED) is 0.579. The number of pyridine rings is 1. The second-order valence-corrected chi connectivity index (χ2v) is 7.92. The fourth-order valence-corrected chi connectivity index (χ4v) is 3.96. The van der Waals surface area contributed by atoms with Crippen LogP contribution in [0.15, 0.2) is 59.1 Å². The summed E-state index contributed by atoms with van der Waals surface area (Å²) >= 11 is 3.56. The zero-order valence-corrected chi connectivity index (χ0v) is 16.6. The molecule has 0 amide bonds. The summed E-state index contributed by atoms with van der Waals surface area (Å²) in [6.07, 6.45) is 2.39. The highest BCUT2D eigenvalue weighted by atomic mass is 79.9. The lowest BCUT2D eigenvalue weighted by Crippen LogP contribution is -2.37. The zero-order valence-electron chi connectivity index (χ0n) is 15.0. The van der Waals surface area contributed by atoms with Gasteiger partial charge in [-0.3, -0.25) is 9.88 Å². The summed E-state index contributed by atoms with van der Waals surface area (Å²) in [5, 5.41) is 1.08. The first-order valence-corrected chi connectivity index (χ1v) is 9.96. The van der Waals surface area contributed by atoms with Crippen LogP contribution in [0.2, 0.25) is 0 Å². The number of halogens is 1. The molecule has 0 spiro atoms. The maximum Gasteiger partial charge on any atom is 0.130 e. The Kier molecular flexibility index (Phi) is 5.23. The van der Waals surface area contributed by atoms with Gasteiger partial charge in [0.05, 0.1) is 5.52 Å². The molecule has 0 radical (unpaired) electrons. The number of rotatable bonds is 4. The molecule has 1 saturated heterocycles. The van der Waals surface area contributed by atoms with Crippen molar-refractivity contribution in [1.29, 1.82) is 0 Å². The van der Waals surface area contributed by atoms with Crippen molar-refractivity contribution in [3.8, 4) is 5.75 Å². The highest BCUT2D eigenvalue weighted by molar-refractivity contribution is 9.10. The first-order valence-electron chi connectivity index (χ1n) is 9.17. The fraction of sp³-hybridized carbons (Fsp3) is 0.318. The molecule has 26 heavy (non-hydrogen) atoms. The van der Waals surface area contributed by atoms with Crippen molar-refractivity contribution in [2.45, 2.75) is 32.4 Å². The molecule has 4 heteroatoms. The van der Waals surface area contributed by atoms with E-state index in [1.807, 2.05) is 19.1 Å². The third-order valence-corrected chi connectivity index (χ3v) is 5.43. The van der Waals surface area contributed by atoms with Crippen molar-refractivity contribution < 1.29 is 4.74 Å². The molecule has 2 heterocycles. The lowest BCUT2D eigenvalue weighted by Gasteiger charge is -2.32. The summed E-state index contributed by atoms with van der Waals surface area (Å²) in [6, 6.07) is 18.9. The SMILES string of the molecule is Cc1cc(OC2CCN(Cc3ccccc3)CC2)c2cc(Br)ccc2n1. The molecule has 1 aliphatic heterocycles. The average molecular weight is 411 g/mol. The van der Waals surface area contributed by atoms with Crippen molar-refractivity contribution in [3.63, 3.8) is 0 Å². The van der Waals surface area contributed by atoms with Gasteiger partial charge in [0.15, 0.2) is 0 Å². The van der Waals surface area contributed by atoms with Crippen LogP contribution >= 0.6 is 15.9 Å². The summed E-state index contributed by atoms with van der Waals surface area (Å²) in [5.74, 6) is 0.954. The summed E-state index contributed by atoms with van der Waals surface area (Å²) in [7, 11) is 0. The van der Waals surface area contributed by atoms with E-state index >= 15 is 0 Å². The lowest BCUT2D eigenvalue weighted by atomic mass is 10.1. The van der Waals surface area contributed by atoms with Crippen LogP contribution in [-0.4, -0.2) is 29.1 Å². The van der Waals surface area contributed by atoms with Gasteiger partial charge in [-0.05, 0) is 43.5 Å². The van der Waals surface area contributed by atoms with E-state index in [1.165, 1.54) is 5.56 Å². The Bertz CT molecular complexity index is 889. The van der Waals surface area contributed by atoms with Crippen molar-refractivity contribution in [2.75, 3.05) is 13.1 Å². The van der Waals surface area contributed by atoms with E-state index in [4.69, 9.17) is 4.74 Å². The summed E-state index contributed by atoms with van der Waals surface area (Å²) in [4.78, 5) is 7.14. The van der Waals surface area contributed by atoms with E-state index in [0.717, 1.165) is 59.3 Å². The summed E-state index contributed by atoms with van der Waals surface area (Å²) in [5.41, 5.74) is 3.37. The van der Waals surface area contributed by atoms with Gasteiger partial charge in [0.2, 0.25) is 0 Å². The molecule has 0 saturated carbocycles. The van der Waals surface area contributed by atoms with Gasteiger partial charge in [-0.25, -0.2) is 0 Å². The third-order valence-electron chi connectivity index (χ3n) is 4.94. The second kappa shape index (κ2) is 7.77. The van der Waals surface area contributed by atoms with Gasteiger partial charge in [0, 0.05) is 41.3 Å². The zero-order chi connectivity index (χ0) is 17.9. The Labute approximate surface area is 163 Å². The van der Waals surface area contributed by atoms with Crippen LogP contribution in [0.5, 0.6) is 5.75 Å². The number of benzene rings is 2. The minimum atomic E-state index is 0.269. The predicted molar refractivity (Wildman–Crippen MR) is 110 cm³/mol. The van der Waals surface area contributed by atoms with Gasteiger partial charge in [0.1, 0.15) is 11.9 Å². The van der Waals surface area contributed by atoms with Crippen molar-refractivity contribution in [1.82, 2.24) is 9.88 Å². The molecule has 0 aliphatic carbocycles. The number of nitrogens with zero attached hydrogens (tertiary/aromatic N) is 2. The van der Waals surface area contributed by atoms with Gasteiger partial charge < -0.3 is 4.74 Å². The topological polar surface area (TPSA) is 25.4 Å². The first kappa shape index (κ1) is 17.5.